The van der Waals surface area contributed by atoms with Crippen LogP contribution in [-0.4, -0.2) is 56.9 Å². The fourth-order valence-electron chi connectivity index (χ4n) is 5.94. The van der Waals surface area contributed by atoms with Gasteiger partial charge in [0.1, 0.15) is 35.4 Å². The van der Waals surface area contributed by atoms with E-state index in [1.807, 2.05) is 18.2 Å². The molecule has 5 rings (SSSR count). The molecule has 1 fully saturated rings. The molecule has 1 aromatic heterocycles. The fourth-order valence-corrected chi connectivity index (χ4v) is 10.7. The van der Waals surface area contributed by atoms with Gasteiger partial charge in [-0.2, -0.15) is 4.57 Å². The third-order valence-electron chi connectivity index (χ3n) is 8.17. The van der Waals surface area contributed by atoms with E-state index in [9.17, 15) is 19.6 Å². The van der Waals surface area contributed by atoms with Crippen molar-refractivity contribution in [2.45, 2.75) is 50.2 Å². The first-order valence-electron chi connectivity index (χ1n) is 15.0. The van der Waals surface area contributed by atoms with E-state index in [0.29, 0.717) is 12.0 Å². The van der Waals surface area contributed by atoms with Gasteiger partial charge in [0.25, 0.3) is 6.23 Å². The number of phosphoric ester groups is 1. The van der Waals surface area contributed by atoms with Crippen molar-refractivity contribution in [2.75, 3.05) is 12.8 Å². The number of hydrogen-bond donors (Lipinski definition) is 4. The van der Waals surface area contributed by atoms with Gasteiger partial charge in [0.05, 0.1) is 18.3 Å². The highest BCUT2D eigenvalue weighted by Crippen LogP contribution is 2.56. The smallest absolute Gasteiger partial charge is 0.387 e. The number of benzene rings is 3. The predicted octanol–water partition coefficient (Wildman–Crippen LogP) is 3.44. The Morgan fingerprint density at radius 2 is 1.33 bits per heavy atom. The Morgan fingerprint density at radius 3 is 1.87 bits per heavy atom. The van der Waals surface area contributed by atoms with Crippen molar-refractivity contribution >= 4 is 36.8 Å². The number of rotatable bonds is 14. The largest absolute Gasteiger partial charge is 0.469 e. The molecule has 0 bridgehead atoms. The molecular formula is C34H39NO8P2+2. The van der Waals surface area contributed by atoms with Gasteiger partial charge >= 0.3 is 7.82 Å². The fraction of sp³-hybridized carbons (Fsp3) is 0.294. The van der Waals surface area contributed by atoms with E-state index in [4.69, 9.17) is 14.5 Å². The van der Waals surface area contributed by atoms with E-state index >= 15 is 0 Å². The second-order valence-electron chi connectivity index (χ2n) is 11.1. The van der Waals surface area contributed by atoms with E-state index in [0.717, 1.165) is 25.4 Å². The van der Waals surface area contributed by atoms with Crippen LogP contribution in [0.25, 0.3) is 0 Å². The van der Waals surface area contributed by atoms with Gasteiger partial charge in [-0.15, -0.1) is 0 Å². The maximum Gasteiger partial charge on any atom is 0.469 e. The summed E-state index contributed by atoms with van der Waals surface area (Å²) >= 11 is 0. The molecule has 4 atom stereocenters. The Hall–Kier alpha value is -3.10. The summed E-state index contributed by atoms with van der Waals surface area (Å²) < 4.78 is 22.6. The monoisotopic (exact) mass is 651 g/mol. The van der Waals surface area contributed by atoms with Crippen molar-refractivity contribution in [1.82, 2.24) is 0 Å². The molecule has 11 heteroatoms. The standard InChI is InChI=1S/C34H37NO8P2/c36-30(26-14-13-22-35(24-26)34-33(38)32(37)31(43-34)25-42-45(39,40)41)21-11-4-12-23-44(27-15-5-1-6-16-27,28-17-7-2-8-18-28)29-19-9-3-10-20-29/h1-3,5-10,13-20,22,24,31-34,37-38H,4,11-12,21,23,25H2/p+2/t31-,32-,33-,34-/m1/s1. The predicted molar refractivity (Wildman–Crippen MR) is 173 cm³/mol. The van der Waals surface area contributed by atoms with E-state index in [2.05, 4.69) is 77.3 Å². The van der Waals surface area contributed by atoms with E-state index < -0.39 is 46.2 Å². The first-order chi connectivity index (χ1) is 21.7. The molecule has 9 nitrogen and oxygen atoms in total. The Bertz CT molecular complexity index is 1490. The number of aliphatic hydroxyl groups excluding tert-OH is 2. The van der Waals surface area contributed by atoms with Crippen molar-refractivity contribution in [3.05, 3.63) is 121 Å². The summed E-state index contributed by atoms with van der Waals surface area (Å²) in [7, 11) is -6.70. The first-order valence-corrected chi connectivity index (χ1v) is 18.5. The van der Waals surface area contributed by atoms with Crippen LogP contribution in [0.5, 0.6) is 0 Å². The van der Waals surface area contributed by atoms with Gasteiger partial charge in [0.15, 0.2) is 24.3 Å². The summed E-state index contributed by atoms with van der Waals surface area (Å²) in [4.78, 5) is 31.1. The van der Waals surface area contributed by atoms with Crippen LogP contribution in [0.15, 0.2) is 116 Å². The highest BCUT2D eigenvalue weighted by Gasteiger charge is 2.49. The lowest BCUT2D eigenvalue weighted by atomic mass is 10.1. The zero-order chi connectivity index (χ0) is 31.9. The van der Waals surface area contributed by atoms with Crippen LogP contribution < -0.4 is 20.5 Å². The van der Waals surface area contributed by atoms with E-state index in [-0.39, 0.29) is 5.78 Å². The number of ketones is 1. The lowest BCUT2D eigenvalue weighted by Gasteiger charge is -2.27. The molecule has 0 aliphatic carbocycles. The molecule has 4 aromatic rings. The number of nitrogens with zero attached hydrogens (tertiary/aromatic N) is 1. The van der Waals surface area contributed by atoms with Gasteiger partial charge in [-0.3, -0.25) is 9.32 Å². The molecule has 45 heavy (non-hydrogen) atoms. The van der Waals surface area contributed by atoms with Gasteiger partial charge < -0.3 is 24.7 Å². The normalized spacial score (nSPS) is 20.3. The van der Waals surface area contributed by atoms with Crippen LogP contribution in [0, 0.1) is 0 Å². The molecule has 1 aliphatic rings. The number of carbonyl (C=O) groups excluding carboxylic acids is 1. The van der Waals surface area contributed by atoms with Crippen LogP contribution in [0.1, 0.15) is 42.3 Å². The Morgan fingerprint density at radius 1 is 0.778 bits per heavy atom. The maximum absolute atomic E-state index is 13.2. The van der Waals surface area contributed by atoms with Gasteiger partial charge in [0.2, 0.25) is 0 Å². The molecule has 0 saturated carbocycles. The highest BCUT2D eigenvalue weighted by atomic mass is 31.2. The second kappa shape index (κ2) is 15.0. The summed E-state index contributed by atoms with van der Waals surface area (Å²) in [6, 6.07) is 35.5. The summed E-state index contributed by atoms with van der Waals surface area (Å²) in [5.41, 5.74) is 0.442. The zero-order valence-corrected chi connectivity index (χ0v) is 26.6. The van der Waals surface area contributed by atoms with Crippen LogP contribution in [0.2, 0.25) is 0 Å². The number of Topliss-reactive ketones (excluding diaryl/α,β-unsaturated/α-hetero) is 1. The number of aromatic nitrogens is 1. The number of pyridine rings is 1. The molecule has 3 aromatic carbocycles. The maximum atomic E-state index is 13.2. The summed E-state index contributed by atoms with van der Waals surface area (Å²) in [5, 5.41) is 24.9. The number of hydrogen-bond acceptors (Lipinski definition) is 6. The van der Waals surface area contributed by atoms with Crippen molar-refractivity contribution < 1.29 is 43.2 Å². The molecule has 4 N–H and O–H groups in total. The minimum atomic E-state index is -4.77. The van der Waals surface area contributed by atoms with Crippen molar-refractivity contribution in [3.8, 4) is 0 Å². The third-order valence-corrected chi connectivity index (χ3v) is 13.2. The van der Waals surface area contributed by atoms with Crippen LogP contribution in [0.4, 0.5) is 0 Å². The topological polar surface area (TPSA) is 137 Å². The first kappa shape index (κ1) is 33.3. The lowest BCUT2D eigenvalue weighted by Crippen LogP contribution is -2.46. The number of carbonyl (C=O) groups is 1. The Balaban J connectivity index is 1.23. The van der Waals surface area contributed by atoms with E-state index in [1.54, 1.807) is 24.5 Å². The molecule has 0 spiro atoms. The lowest BCUT2D eigenvalue weighted by molar-refractivity contribution is -0.765. The third kappa shape index (κ3) is 8.01. The molecular weight excluding hydrogens is 612 g/mol. The van der Waals surface area contributed by atoms with Crippen molar-refractivity contribution in [2.24, 2.45) is 0 Å². The number of phosphoric acid groups is 1. The SMILES string of the molecule is O=C(CCCCC[P+](c1ccccc1)(c1ccccc1)c1ccccc1)c1ccc[n+]([C@@H]2O[C@H](COP(=O)(O)O)[C@@H](O)[C@H]2O)c1. The van der Waals surface area contributed by atoms with Crippen LogP contribution in [-0.2, 0) is 13.8 Å². The molecule has 1 aliphatic heterocycles. The quantitative estimate of drug-likeness (QED) is 0.0705. The summed E-state index contributed by atoms with van der Waals surface area (Å²) in [6.07, 6.45) is 2.04. The van der Waals surface area contributed by atoms with Crippen LogP contribution >= 0.6 is 15.1 Å². The van der Waals surface area contributed by atoms with Crippen LogP contribution in [0.3, 0.4) is 0 Å². The number of ether oxygens (including phenoxy) is 1. The molecule has 1 saturated heterocycles. The van der Waals surface area contributed by atoms with E-state index in [1.165, 1.54) is 20.5 Å². The average Bonchev–Trinajstić information content (AvgIpc) is 3.35. The average molecular weight is 652 g/mol. The molecule has 0 radical (unpaired) electrons. The highest BCUT2D eigenvalue weighted by molar-refractivity contribution is 7.95. The Labute approximate surface area is 263 Å². The van der Waals surface area contributed by atoms with Gasteiger partial charge in [-0.05, 0) is 61.7 Å². The van der Waals surface area contributed by atoms with Gasteiger partial charge in [-0.25, -0.2) is 4.57 Å². The number of unbranched alkanes of at least 4 members (excludes halogenated alkanes) is 2. The van der Waals surface area contributed by atoms with Gasteiger partial charge in [0, 0.05) is 12.5 Å². The second-order valence-corrected chi connectivity index (χ2v) is 16.0. The molecule has 2 heterocycles. The molecule has 236 valence electrons. The molecule has 0 unspecified atom stereocenters. The van der Waals surface area contributed by atoms with Crippen molar-refractivity contribution in [1.29, 1.82) is 0 Å². The van der Waals surface area contributed by atoms with Crippen molar-refractivity contribution in [3.63, 3.8) is 0 Å². The zero-order valence-electron chi connectivity index (χ0n) is 24.8. The molecule has 0 amide bonds. The van der Waals surface area contributed by atoms with Gasteiger partial charge in [-0.1, -0.05) is 54.6 Å². The minimum Gasteiger partial charge on any atom is -0.387 e. The minimum absolute atomic E-state index is 0.0472. The summed E-state index contributed by atoms with van der Waals surface area (Å²) in [5.74, 6) is -0.0472. The number of aliphatic hydroxyl groups is 2. The Kier molecular flexibility index (Phi) is 11.1. The summed E-state index contributed by atoms with van der Waals surface area (Å²) in [6.45, 7) is -0.597.